The minimum absolute atomic E-state index is 0.0758. The molecule has 2 aromatic rings. The van der Waals surface area contributed by atoms with Crippen molar-refractivity contribution < 1.29 is 9.13 Å². The normalized spacial score (nSPS) is 15.9. The van der Waals surface area contributed by atoms with Gasteiger partial charge in [0, 0.05) is 6.20 Å². The number of nitrogens with one attached hydrogen (secondary N) is 1. The standard InChI is InChI=1S/C16H17FN2O/c1-18-16(12-8-13(17)10-19-9-12)11-2-4-14(5-3-11)20-15-6-7-15/h2-5,8-10,15-16,18H,6-7H2,1H3. The Morgan fingerprint density at radius 2 is 1.95 bits per heavy atom. The van der Waals surface area contributed by atoms with Gasteiger partial charge in [0.2, 0.25) is 0 Å². The molecule has 0 radical (unpaired) electrons. The van der Waals surface area contributed by atoms with E-state index in [2.05, 4.69) is 10.3 Å². The number of rotatable bonds is 5. The van der Waals surface area contributed by atoms with E-state index in [4.69, 9.17) is 4.74 Å². The van der Waals surface area contributed by atoms with Crippen LogP contribution in [-0.4, -0.2) is 18.1 Å². The Labute approximate surface area is 117 Å². The number of pyridine rings is 1. The summed E-state index contributed by atoms with van der Waals surface area (Å²) in [6, 6.07) is 9.36. The molecule has 104 valence electrons. The lowest BCUT2D eigenvalue weighted by Crippen LogP contribution is -2.18. The number of ether oxygens (including phenoxy) is 1. The maximum atomic E-state index is 13.3. The third-order valence-corrected chi connectivity index (χ3v) is 3.39. The minimum Gasteiger partial charge on any atom is -0.490 e. The monoisotopic (exact) mass is 272 g/mol. The summed E-state index contributed by atoms with van der Waals surface area (Å²) >= 11 is 0. The molecule has 0 spiro atoms. The molecule has 1 aromatic heterocycles. The first-order valence-electron chi connectivity index (χ1n) is 6.80. The first kappa shape index (κ1) is 13.1. The molecule has 1 aliphatic rings. The highest BCUT2D eigenvalue weighted by atomic mass is 19.1. The van der Waals surface area contributed by atoms with Crippen LogP contribution in [0.15, 0.2) is 42.7 Å². The molecule has 4 heteroatoms. The van der Waals surface area contributed by atoms with E-state index in [0.717, 1.165) is 29.7 Å². The van der Waals surface area contributed by atoms with Crippen molar-refractivity contribution in [3.8, 4) is 5.75 Å². The maximum absolute atomic E-state index is 13.3. The predicted octanol–water partition coefficient (Wildman–Crippen LogP) is 3.07. The highest BCUT2D eigenvalue weighted by molar-refractivity contribution is 5.34. The average molecular weight is 272 g/mol. The second-order valence-corrected chi connectivity index (χ2v) is 5.04. The Bertz CT molecular complexity index is 581. The van der Waals surface area contributed by atoms with Gasteiger partial charge in [0.05, 0.1) is 18.3 Å². The van der Waals surface area contributed by atoms with Crippen molar-refractivity contribution >= 4 is 0 Å². The first-order chi connectivity index (χ1) is 9.76. The Hall–Kier alpha value is -1.94. The van der Waals surface area contributed by atoms with E-state index in [-0.39, 0.29) is 11.9 Å². The molecule has 0 saturated heterocycles. The zero-order valence-corrected chi connectivity index (χ0v) is 11.3. The molecule has 1 saturated carbocycles. The van der Waals surface area contributed by atoms with Gasteiger partial charge in [0.1, 0.15) is 11.6 Å². The van der Waals surface area contributed by atoms with Gasteiger partial charge in [-0.3, -0.25) is 4.98 Å². The zero-order chi connectivity index (χ0) is 13.9. The van der Waals surface area contributed by atoms with Crippen molar-refractivity contribution in [2.45, 2.75) is 25.0 Å². The minimum atomic E-state index is -0.323. The van der Waals surface area contributed by atoms with Crippen LogP contribution in [0.2, 0.25) is 0 Å². The van der Waals surface area contributed by atoms with Gasteiger partial charge in [0.25, 0.3) is 0 Å². The topological polar surface area (TPSA) is 34.1 Å². The third kappa shape index (κ3) is 2.96. The third-order valence-electron chi connectivity index (χ3n) is 3.39. The lowest BCUT2D eigenvalue weighted by atomic mass is 10.0. The van der Waals surface area contributed by atoms with E-state index in [9.17, 15) is 4.39 Å². The van der Waals surface area contributed by atoms with Crippen molar-refractivity contribution in [2.75, 3.05) is 7.05 Å². The zero-order valence-electron chi connectivity index (χ0n) is 11.3. The van der Waals surface area contributed by atoms with E-state index >= 15 is 0 Å². The van der Waals surface area contributed by atoms with Crippen LogP contribution >= 0.6 is 0 Å². The van der Waals surface area contributed by atoms with Crippen LogP contribution in [0.5, 0.6) is 5.75 Å². The predicted molar refractivity (Wildman–Crippen MR) is 75.2 cm³/mol. The number of aromatic nitrogens is 1. The summed E-state index contributed by atoms with van der Waals surface area (Å²) in [5.74, 6) is 0.569. The summed E-state index contributed by atoms with van der Waals surface area (Å²) in [6.45, 7) is 0. The van der Waals surface area contributed by atoms with Gasteiger partial charge in [-0.25, -0.2) is 4.39 Å². The molecule has 3 nitrogen and oxygen atoms in total. The number of hydrogen-bond donors (Lipinski definition) is 1. The molecule has 0 bridgehead atoms. The fourth-order valence-electron chi connectivity index (χ4n) is 2.23. The molecule has 20 heavy (non-hydrogen) atoms. The van der Waals surface area contributed by atoms with Crippen LogP contribution in [-0.2, 0) is 0 Å². The number of benzene rings is 1. The van der Waals surface area contributed by atoms with Crippen LogP contribution in [0.1, 0.15) is 30.0 Å². The smallest absolute Gasteiger partial charge is 0.141 e. The van der Waals surface area contributed by atoms with Crippen molar-refractivity contribution in [3.05, 3.63) is 59.7 Å². The van der Waals surface area contributed by atoms with Crippen LogP contribution < -0.4 is 10.1 Å². The van der Waals surface area contributed by atoms with E-state index in [1.165, 1.54) is 12.3 Å². The average Bonchev–Trinajstić information content (AvgIpc) is 3.26. The summed E-state index contributed by atoms with van der Waals surface area (Å²) in [5, 5.41) is 3.19. The lowest BCUT2D eigenvalue weighted by Gasteiger charge is -2.17. The van der Waals surface area contributed by atoms with Crippen LogP contribution in [0.25, 0.3) is 0 Å². The van der Waals surface area contributed by atoms with Gasteiger partial charge in [-0.05, 0) is 49.2 Å². The van der Waals surface area contributed by atoms with Gasteiger partial charge in [0.15, 0.2) is 0 Å². The molecule has 1 atom stereocenters. The summed E-state index contributed by atoms with van der Waals surface area (Å²) in [4.78, 5) is 3.90. The fraction of sp³-hybridized carbons (Fsp3) is 0.312. The summed E-state index contributed by atoms with van der Waals surface area (Å²) in [7, 11) is 1.85. The van der Waals surface area contributed by atoms with Gasteiger partial charge < -0.3 is 10.1 Å². The molecule has 3 rings (SSSR count). The van der Waals surface area contributed by atoms with Gasteiger partial charge >= 0.3 is 0 Å². The molecular formula is C16H17FN2O. The van der Waals surface area contributed by atoms with Crippen molar-refractivity contribution in [1.29, 1.82) is 0 Å². The summed E-state index contributed by atoms with van der Waals surface area (Å²) in [6.07, 6.45) is 5.58. The second-order valence-electron chi connectivity index (χ2n) is 5.04. The summed E-state index contributed by atoms with van der Waals surface area (Å²) in [5.41, 5.74) is 1.87. The van der Waals surface area contributed by atoms with Crippen LogP contribution in [0.4, 0.5) is 4.39 Å². The maximum Gasteiger partial charge on any atom is 0.141 e. The van der Waals surface area contributed by atoms with E-state index in [1.54, 1.807) is 6.20 Å². The molecule has 0 amide bonds. The quantitative estimate of drug-likeness (QED) is 0.908. The number of nitrogens with zero attached hydrogens (tertiary/aromatic N) is 1. The van der Waals surface area contributed by atoms with Gasteiger partial charge in [-0.15, -0.1) is 0 Å². The lowest BCUT2D eigenvalue weighted by molar-refractivity contribution is 0.303. The Balaban J connectivity index is 1.81. The molecule has 1 N–H and O–H groups in total. The largest absolute Gasteiger partial charge is 0.490 e. The van der Waals surface area contributed by atoms with Crippen molar-refractivity contribution in [2.24, 2.45) is 0 Å². The second kappa shape index (κ2) is 5.59. The molecular weight excluding hydrogens is 255 g/mol. The molecule has 1 aromatic carbocycles. The molecule has 1 aliphatic carbocycles. The SMILES string of the molecule is CNC(c1ccc(OC2CC2)cc1)c1cncc(F)c1. The highest BCUT2D eigenvalue weighted by Gasteiger charge is 2.23. The number of halogens is 1. The van der Waals surface area contributed by atoms with Gasteiger partial charge in [-0.1, -0.05) is 12.1 Å². The molecule has 0 aliphatic heterocycles. The molecule has 1 heterocycles. The molecule has 1 unspecified atom stereocenters. The van der Waals surface area contributed by atoms with E-state index in [1.807, 2.05) is 31.3 Å². The van der Waals surface area contributed by atoms with E-state index < -0.39 is 0 Å². The van der Waals surface area contributed by atoms with E-state index in [0.29, 0.717) is 6.10 Å². The summed E-state index contributed by atoms with van der Waals surface area (Å²) < 4.78 is 19.0. The Morgan fingerprint density at radius 1 is 1.20 bits per heavy atom. The van der Waals surface area contributed by atoms with Crippen molar-refractivity contribution in [3.63, 3.8) is 0 Å². The Kier molecular flexibility index (Phi) is 3.65. The highest BCUT2D eigenvalue weighted by Crippen LogP contribution is 2.28. The Morgan fingerprint density at radius 3 is 2.55 bits per heavy atom. The first-order valence-corrected chi connectivity index (χ1v) is 6.80. The fourth-order valence-corrected chi connectivity index (χ4v) is 2.23. The van der Waals surface area contributed by atoms with Crippen molar-refractivity contribution in [1.82, 2.24) is 10.3 Å². The number of hydrogen-bond acceptors (Lipinski definition) is 3. The van der Waals surface area contributed by atoms with Crippen LogP contribution in [0, 0.1) is 5.82 Å². The molecule has 1 fully saturated rings. The van der Waals surface area contributed by atoms with Crippen LogP contribution in [0.3, 0.4) is 0 Å². The van der Waals surface area contributed by atoms with Gasteiger partial charge in [-0.2, -0.15) is 0 Å².